The van der Waals surface area contributed by atoms with Gasteiger partial charge in [-0.3, -0.25) is 9.69 Å². The number of hydrogen-bond acceptors (Lipinski definition) is 3. The highest BCUT2D eigenvalue weighted by molar-refractivity contribution is 5.79. The van der Waals surface area contributed by atoms with Crippen molar-refractivity contribution < 1.29 is 4.79 Å². The number of carbonyl (C=O) groups excluding carboxylic acids is 1. The predicted octanol–water partition coefficient (Wildman–Crippen LogP) is 2.20. The van der Waals surface area contributed by atoms with Gasteiger partial charge in [0.25, 0.3) is 0 Å². The fourth-order valence-electron chi connectivity index (χ4n) is 4.89. The minimum absolute atomic E-state index is 0.253. The zero-order valence-electron chi connectivity index (χ0n) is 14.7. The summed E-state index contributed by atoms with van der Waals surface area (Å²) in [5.74, 6) is 1.51. The van der Waals surface area contributed by atoms with Gasteiger partial charge in [0.1, 0.15) is 0 Å². The average molecular weight is 327 g/mol. The fourth-order valence-corrected chi connectivity index (χ4v) is 4.89. The molecule has 0 saturated carbocycles. The number of nitrogens with one attached hydrogen (secondary N) is 1. The first-order valence-corrected chi connectivity index (χ1v) is 9.52. The van der Waals surface area contributed by atoms with Crippen molar-refractivity contribution in [2.24, 2.45) is 11.8 Å². The first-order valence-electron chi connectivity index (χ1n) is 9.52. The van der Waals surface area contributed by atoms with Crippen LogP contribution in [0.25, 0.3) is 0 Å². The maximum absolute atomic E-state index is 13.1. The van der Waals surface area contributed by atoms with Crippen LogP contribution in [0.3, 0.4) is 0 Å². The molecule has 24 heavy (non-hydrogen) atoms. The second kappa shape index (κ2) is 6.85. The second-order valence-electron chi connectivity index (χ2n) is 7.77. The highest BCUT2D eigenvalue weighted by Crippen LogP contribution is 2.43. The van der Waals surface area contributed by atoms with Gasteiger partial charge < -0.3 is 10.2 Å². The van der Waals surface area contributed by atoms with E-state index in [1.165, 1.54) is 30.4 Å². The third-order valence-corrected chi connectivity index (χ3v) is 6.20. The van der Waals surface area contributed by atoms with E-state index >= 15 is 0 Å². The van der Waals surface area contributed by atoms with E-state index in [0.29, 0.717) is 24.3 Å². The molecule has 0 aliphatic carbocycles. The molecule has 1 aromatic carbocycles. The Morgan fingerprint density at radius 3 is 2.75 bits per heavy atom. The van der Waals surface area contributed by atoms with E-state index in [4.69, 9.17) is 0 Å². The third kappa shape index (κ3) is 2.98. The zero-order valence-corrected chi connectivity index (χ0v) is 14.7. The maximum atomic E-state index is 13.1. The molecule has 3 aliphatic heterocycles. The van der Waals surface area contributed by atoms with Crippen molar-refractivity contribution in [3.63, 3.8) is 0 Å². The summed E-state index contributed by atoms with van der Waals surface area (Å²) in [4.78, 5) is 17.7. The van der Waals surface area contributed by atoms with Gasteiger partial charge in [-0.05, 0) is 49.9 Å². The van der Waals surface area contributed by atoms with Crippen LogP contribution in [-0.2, 0) is 4.79 Å². The van der Waals surface area contributed by atoms with Crippen LogP contribution in [0.1, 0.15) is 36.4 Å². The maximum Gasteiger partial charge on any atom is 0.237 e. The lowest BCUT2D eigenvalue weighted by atomic mass is 9.87. The highest BCUT2D eigenvalue weighted by atomic mass is 16.2. The van der Waals surface area contributed by atoms with Crippen molar-refractivity contribution in [1.82, 2.24) is 15.1 Å². The molecule has 4 rings (SSSR count). The minimum Gasteiger partial charge on any atom is -0.334 e. The predicted molar refractivity (Wildman–Crippen MR) is 95.8 cm³/mol. The number of nitrogens with zero attached hydrogens (tertiary/aromatic N) is 2. The molecule has 4 nitrogen and oxygen atoms in total. The van der Waals surface area contributed by atoms with Crippen molar-refractivity contribution in [3.8, 4) is 0 Å². The van der Waals surface area contributed by atoms with Crippen molar-refractivity contribution in [3.05, 3.63) is 35.4 Å². The Morgan fingerprint density at radius 1 is 1.17 bits per heavy atom. The number of hydrogen-bond donors (Lipinski definition) is 1. The van der Waals surface area contributed by atoms with Crippen LogP contribution >= 0.6 is 0 Å². The fraction of sp³-hybridized carbons (Fsp3) is 0.650. The number of rotatable bonds is 3. The van der Waals surface area contributed by atoms with Crippen molar-refractivity contribution >= 4 is 5.91 Å². The Hall–Kier alpha value is -1.39. The molecule has 1 aromatic rings. The van der Waals surface area contributed by atoms with Crippen molar-refractivity contribution in [2.45, 2.75) is 32.2 Å². The van der Waals surface area contributed by atoms with E-state index in [1.54, 1.807) is 0 Å². The second-order valence-corrected chi connectivity index (χ2v) is 7.77. The first kappa shape index (κ1) is 16.1. The van der Waals surface area contributed by atoms with E-state index in [1.807, 2.05) is 0 Å². The van der Waals surface area contributed by atoms with Crippen LogP contribution < -0.4 is 5.32 Å². The van der Waals surface area contributed by atoms with E-state index in [-0.39, 0.29) is 6.04 Å². The largest absolute Gasteiger partial charge is 0.334 e. The Balaban J connectivity index is 1.56. The lowest BCUT2D eigenvalue weighted by Gasteiger charge is -2.33. The molecule has 3 aliphatic rings. The first-order chi connectivity index (χ1) is 11.7. The van der Waals surface area contributed by atoms with Gasteiger partial charge in [-0.15, -0.1) is 0 Å². The molecule has 3 saturated heterocycles. The van der Waals surface area contributed by atoms with Crippen LogP contribution in [0.4, 0.5) is 0 Å². The van der Waals surface area contributed by atoms with Gasteiger partial charge >= 0.3 is 0 Å². The van der Waals surface area contributed by atoms with Gasteiger partial charge in [-0.25, -0.2) is 0 Å². The van der Waals surface area contributed by atoms with Gasteiger partial charge in [0, 0.05) is 25.6 Å². The normalized spacial score (nSPS) is 30.5. The van der Waals surface area contributed by atoms with Crippen molar-refractivity contribution in [2.75, 3.05) is 39.3 Å². The number of likely N-dealkylation sites (tertiary alicyclic amines) is 2. The molecule has 3 atom stereocenters. The number of aryl methyl sites for hydroxylation is 1. The Morgan fingerprint density at radius 2 is 1.96 bits per heavy atom. The quantitative estimate of drug-likeness (QED) is 0.924. The summed E-state index contributed by atoms with van der Waals surface area (Å²) in [7, 11) is 0. The molecule has 0 aromatic heterocycles. The molecule has 0 bridgehead atoms. The van der Waals surface area contributed by atoms with E-state index in [9.17, 15) is 4.79 Å². The number of piperidine rings is 1. The molecule has 130 valence electrons. The molecular formula is C20H29N3O. The topological polar surface area (TPSA) is 35.6 Å². The van der Waals surface area contributed by atoms with Gasteiger partial charge in [-0.2, -0.15) is 0 Å². The van der Waals surface area contributed by atoms with E-state index < -0.39 is 0 Å². The Labute approximate surface area is 145 Å². The molecule has 1 N–H and O–H groups in total. The van der Waals surface area contributed by atoms with Gasteiger partial charge in [0.15, 0.2) is 0 Å². The minimum atomic E-state index is 0.253. The summed E-state index contributed by atoms with van der Waals surface area (Å²) in [6.07, 6.45) is 3.80. The SMILES string of the molecule is Cc1ccccc1[C@@H]1[C@H]2CNC[C@H]2CN1C(=O)CN1CCCCC1. The summed E-state index contributed by atoms with van der Waals surface area (Å²) in [6.45, 7) is 7.97. The van der Waals surface area contributed by atoms with Gasteiger partial charge in [-0.1, -0.05) is 30.7 Å². The smallest absolute Gasteiger partial charge is 0.237 e. The lowest BCUT2D eigenvalue weighted by Crippen LogP contribution is -2.43. The molecule has 0 unspecified atom stereocenters. The summed E-state index contributed by atoms with van der Waals surface area (Å²) in [5, 5.41) is 3.54. The monoisotopic (exact) mass is 327 g/mol. The molecule has 0 spiro atoms. The van der Waals surface area contributed by atoms with E-state index in [0.717, 1.165) is 32.7 Å². The molecule has 3 fully saturated rings. The number of carbonyl (C=O) groups is 1. The van der Waals surface area contributed by atoms with Gasteiger partial charge in [0.2, 0.25) is 5.91 Å². The molecule has 3 heterocycles. The van der Waals surface area contributed by atoms with Crippen LogP contribution in [0.2, 0.25) is 0 Å². The molecular weight excluding hydrogens is 298 g/mol. The zero-order chi connectivity index (χ0) is 16.5. The summed E-state index contributed by atoms with van der Waals surface area (Å²) < 4.78 is 0. The van der Waals surface area contributed by atoms with Crippen LogP contribution in [0.15, 0.2) is 24.3 Å². The van der Waals surface area contributed by atoms with Crippen LogP contribution in [-0.4, -0.2) is 55.0 Å². The molecule has 0 radical (unpaired) electrons. The summed E-state index contributed by atoms with van der Waals surface area (Å²) in [5.41, 5.74) is 2.66. The number of amides is 1. The number of fused-ring (bicyclic) bond motifs is 1. The third-order valence-electron chi connectivity index (χ3n) is 6.20. The Bertz CT molecular complexity index is 596. The standard InChI is InChI=1S/C20H29N3O/c1-15-7-3-4-8-17(15)20-18-12-21-11-16(18)13-23(20)19(24)14-22-9-5-2-6-10-22/h3-4,7-8,16,18,20-21H,2,5-6,9-14H2,1H3/t16-,18-,20+/m0/s1. The van der Waals surface area contributed by atoms with Crippen LogP contribution in [0, 0.1) is 18.8 Å². The van der Waals surface area contributed by atoms with Crippen LogP contribution in [0.5, 0.6) is 0 Å². The lowest BCUT2D eigenvalue weighted by molar-refractivity contribution is -0.134. The average Bonchev–Trinajstić information content (AvgIpc) is 3.17. The summed E-state index contributed by atoms with van der Waals surface area (Å²) >= 11 is 0. The summed E-state index contributed by atoms with van der Waals surface area (Å²) in [6, 6.07) is 8.87. The molecule has 1 amide bonds. The highest BCUT2D eigenvalue weighted by Gasteiger charge is 2.47. The molecule has 4 heteroatoms. The Kier molecular flexibility index (Phi) is 4.59. The van der Waals surface area contributed by atoms with E-state index in [2.05, 4.69) is 46.3 Å². The van der Waals surface area contributed by atoms with Crippen molar-refractivity contribution in [1.29, 1.82) is 0 Å². The number of benzene rings is 1. The van der Waals surface area contributed by atoms with Gasteiger partial charge in [0.05, 0.1) is 12.6 Å².